The van der Waals surface area contributed by atoms with Crippen molar-refractivity contribution in [2.45, 2.75) is 32.5 Å². The Bertz CT molecular complexity index is 1070. The zero-order valence-electron chi connectivity index (χ0n) is 17.2. The van der Waals surface area contributed by atoms with Crippen LogP contribution < -0.4 is 4.74 Å². The number of carbonyl (C=O) groups is 1. The monoisotopic (exact) mass is 430 g/mol. The number of hydrogen-bond donors (Lipinski definition) is 0. The van der Waals surface area contributed by atoms with E-state index < -0.39 is 0 Å². The fourth-order valence-corrected chi connectivity index (χ4v) is 4.22. The van der Waals surface area contributed by atoms with E-state index in [9.17, 15) is 9.18 Å². The molecule has 4 rings (SSSR count). The lowest BCUT2D eigenvalue weighted by Crippen LogP contribution is -2.57. The van der Waals surface area contributed by atoms with E-state index in [1.807, 2.05) is 11.8 Å². The Morgan fingerprint density at radius 1 is 1.17 bits per heavy atom. The second-order valence-electron chi connectivity index (χ2n) is 7.85. The zero-order chi connectivity index (χ0) is 21.4. The second kappa shape index (κ2) is 8.28. The Morgan fingerprint density at radius 2 is 1.90 bits per heavy atom. The summed E-state index contributed by atoms with van der Waals surface area (Å²) < 4.78 is 24.2. The third-order valence-electron chi connectivity index (χ3n) is 5.68. The molecule has 1 fully saturated rings. The zero-order valence-corrected chi connectivity index (χ0v) is 17.9. The first kappa shape index (κ1) is 20.7. The molecule has 0 saturated carbocycles. The number of carbonyl (C=O) groups excluding carboxylic acids is 1. The predicted molar refractivity (Wildman–Crippen MR) is 115 cm³/mol. The van der Waals surface area contributed by atoms with Gasteiger partial charge in [-0.1, -0.05) is 23.7 Å². The van der Waals surface area contributed by atoms with Gasteiger partial charge in [0.25, 0.3) is 5.91 Å². The number of benzene rings is 2. The summed E-state index contributed by atoms with van der Waals surface area (Å²) in [6, 6.07) is 11.9. The van der Waals surface area contributed by atoms with Gasteiger partial charge < -0.3 is 14.1 Å². The molecule has 2 atom stereocenters. The van der Waals surface area contributed by atoms with Gasteiger partial charge in [-0.3, -0.25) is 9.69 Å². The largest absolute Gasteiger partial charge is 0.495 e. The normalized spacial score (nSPS) is 20.0. The number of piperazine rings is 1. The Kier molecular flexibility index (Phi) is 5.71. The fourth-order valence-electron chi connectivity index (χ4n) is 3.97. The van der Waals surface area contributed by atoms with Gasteiger partial charge >= 0.3 is 0 Å². The second-order valence-corrected chi connectivity index (χ2v) is 8.25. The van der Waals surface area contributed by atoms with Crippen molar-refractivity contribution in [1.82, 2.24) is 9.80 Å². The third kappa shape index (κ3) is 4.02. The summed E-state index contributed by atoms with van der Waals surface area (Å²) in [7, 11) is 1.54. The standard InChI is InChI=1S/C23H24ClFN2O3/c1-14-12-27(15(2)11-26(14)13-16-4-6-18(25)7-5-16)23(28)22-9-17-8-19(24)21(29-3)10-20(17)30-22/h4-10,14-15H,11-13H2,1-3H3/t14-,15+/m1/s1. The quantitative estimate of drug-likeness (QED) is 0.586. The Balaban J connectivity index is 1.50. The predicted octanol–water partition coefficient (Wildman–Crippen LogP) is 4.97. The van der Waals surface area contributed by atoms with E-state index in [1.165, 1.54) is 19.2 Å². The summed E-state index contributed by atoms with van der Waals surface area (Å²) in [4.78, 5) is 17.3. The van der Waals surface area contributed by atoms with E-state index in [1.54, 1.807) is 30.3 Å². The molecule has 0 radical (unpaired) electrons. The van der Waals surface area contributed by atoms with Gasteiger partial charge in [0.1, 0.15) is 17.1 Å². The molecule has 0 bridgehead atoms. The van der Waals surface area contributed by atoms with Gasteiger partial charge in [0.05, 0.1) is 12.1 Å². The Hall–Kier alpha value is -2.57. The molecule has 0 aliphatic carbocycles. The summed E-state index contributed by atoms with van der Waals surface area (Å²) in [6.45, 7) is 6.16. The summed E-state index contributed by atoms with van der Waals surface area (Å²) in [6.07, 6.45) is 0. The minimum atomic E-state index is -0.236. The van der Waals surface area contributed by atoms with Crippen molar-refractivity contribution in [2.24, 2.45) is 0 Å². The topological polar surface area (TPSA) is 45.9 Å². The number of fused-ring (bicyclic) bond motifs is 1. The molecule has 0 spiro atoms. The molecule has 1 amide bonds. The molecule has 5 nitrogen and oxygen atoms in total. The van der Waals surface area contributed by atoms with Crippen LogP contribution in [-0.2, 0) is 6.54 Å². The molecular formula is C23H24ClFN2O3. The van der Waals surface area contributed by atoms with Gasteiger partial charge in [-0.25, -0.2) is 4.39 Å². The molecule has 1 aliphatic heterocycles. The van der Waals surface area contributed by atoms with Gasteiger partial charge in [-0.05, 0) is 43.7 Å². The van der Waals surface area contributed by atoms with Crippen LogP contribution in [0.25, 0.3) is 11.0 Å². The number of rotatable bonds is 4. The lowest BCUT2D eigenvalue weighted by Gasteiger charge is -2.43. The molecule has 2 heterocycles. The first-order valence-electron chi connectivity index (χ1n) is 9.92. The third-order valence-corrected chi connectivity index (χ3v) is 5.97. The van der Waals surface area contributed by atoms with Crippen LogP contribution in [0.4, 0.5) is 4.39 Å². The molecule has 3 aromatic rings. The van der Waals surface area contributed by atoms with E-state index in [2.05, 4.69) is 11.8 Å². The number of amides is 1. The Labute approximate surface area is 180 Å². The van der Waals surface area contributed by atoms with Crippen LogP contribution in [0, 0.1) is 5.82 Å². The van der Waals surface area contributed by atoms with Crippen molar-refractivity contribution in [3.8, 4) is 5.75 Å². The highest BCUT2D eigenvalue weighted by molar-refractivity contribution is 6.32. The van der Waals surface area contributed by atoms with E-state index in [-0.39, 0.29) is 23.8 Å². The molecule has 1 saturated heterocycles. The van der Waals surface area contributed by atoms with Crippen LogP contribution >= 0.6 is 11.6 Å². The van der Waals surface area contributed by atoms with Crippen molar-refractivity contribution in [3.63, 3.8) is 0 Å². The first-order valence-corrected chi connectivity index (χ1v) is 10.3. The minimum absolute atomic E-state index is 0.0143. The van der Waals surface area contributed by atoms with Crippen LogP contribution in [0.15, 0.2) is 46.9 Å². The van der Waals surface area contributed by atoms with E-state index in [0.717, 1.165) is 24.0 Å². The molecule has 0 N–H and O–H groups in total. The highest BCUT2D eigenvalue weighted by atomic mass is 35.5. The number of ether oxygens (including phenoxy) is 1. The van der Waals surface area contributed by atoms with E-state index >= 15 is 0 Å². The van der Waals surface area contributed by atoms with Crippen molar-refractivity contribution >= 4 is 28.5 Å². The number of nitrogens with zero attached hydrogens (tertiary/aromatic N) is 2. The van der Waals surface area contributed by atoms with Gasteiger partial charge in [-0.2, -0.15) is 0 Å². The first-order chi connectivity index (χ1) is 14.4. The van der Waals surface area contributed by atoms with Crippen LogP contribution in [0.1, 0.15) is 30.0 Å². The molecule has 0 unspecified atom stereocenters. The van der Waals surface area contributed by atoms with E-state index in [0.29, 0.717) is 28.7 Å². The molecule has 1 aliphatic rings. The highest BCUT2D eigenvalue weighted by Crippen LogP contribution is 2.32. The number of methoxy groups -OCH3 is 1. The molecule has 1 aromatic heterocycles. The summed E-state index contributed by atoms with van der Waals surface area (Å²) in [5.74, 6) is 0.427. The van der Waals surface area contributed by atoms with Crippen LogP contribution in [0.2, 0.25) is 5.02 Å². The summed E-state index contributed by atoms with van der Waals surface area (Å²) in [5.41, 5.74) is 1.62. The van der Waals surface area contributed by atoms with E-state index in [4.69, 9.17) is 20.8 Å². The lowest BCUT2D eigenvalue weighted by molar-refractivity contribution is 0.0269. The average molecular weight is 431 g/mol. The van der Waals surface area contributed by atoms with Crippen molar-refractivity contribution in [1.29, 1.82) is 0 Å². The van der Waals surface area contributed by atoms with Gasteiger partial charge in [-0.15, -0.1) is 0 Å². The number of halogens is 2. The van der Waals surface area contributed by atoms with Crippen LogP contribution in [0.3, 0.4) is 0 Å². The number of furan rings is 1. The minimum Gasteiger partial charge on any atom is -0.495 e. The molecule has 30 heavy (non-hydrogen) atoms. The maximum atomic E-state index is 13.2. The highest BCUT2D eigenvalue weighted by Gasteiger charge is 2.33. The maximum Gasteiger partial charge on any atom is 0.289 e. The van der Waals surface area contributed by atoms with Crippen molar-refractivity contribution in [2.75, 3.05) is 20.2 Å². The molecule has 2 aromatic carbocycles. The van der Waals surface area contributed by atoms with Gasteiger partial charge in [0.15, 0.2) is 5.76 Å². The maximum absolute atomic E-state index is 13.2. The average Bonchev–Trinajstić information content (AvgIpc) is 3.13. The smallest absolute Gasteiger partial charge is 0.289 e. The Morgan fingerprint density at radius 3 is 2.60 bits per heavy atom. The molecular weight excluding hydrogens is 407 g/mol. The number of hydrogen-bond acceptors (Lipinski definition) is 4. The molecule has 7 heteroatoms. The van der Waals surface area contributed by atoms with Crippen molar-refractivity contribution in [3.05, 3.63) is 64.6 Å². The summed E-state index contributed by atoms with van der Waals surface area (Å²) in [5, 5.41) is 1.24. The fraction of sp³-hybridized carbons (Fsp3) is 0.348. The van der Waals surface area contributed by atoms with Crippen LogP contribution in [-0.4, -0.2) is 48.0 Å². The van der Waals surface area contributed by atoms with Crippen LogP contribution in [0.5, 0.6) is 5.75 Å². The summed E-state index contributed by atoms with van der Waals surface area (Å²) >= 11 is 6.19. The molecule has 158 valence electrons. The van der Waals surface area contributed by atoms with Crippen molar-refractivity contribution < 1.29 is 18.3 Å². The van der Waals surface area contributed by atoms with Gasteiger partial charge in [0, 0.05) is 43.2 Å². The lowest BCUT2D eigenvalue weighted by atomic mass is 10.1. The SMILES string of the molecule is COc1cc2oc(C(=O)N3C[C@@H](C)N(Cc4ccc(F)cc4)C[C@@H]3C)cc2cc1Cl. The van der Waals surface area contributed by atoms with Gasteiger partial charge in [0.2, 0.25) is 0 Å².